The maximum absolute atomic E-state index is 11.9. The number of benzene rings is 1. The summed E-state index contributed by atoms with van der Waals surface area (Å²) < 4.78 is 16.0. The molecule has 0 bridgehead atoms. The minimum absolute atomic E-state index is 0.133. The van der Waals surface area contributed by atoms with Crippen molar-refractivity contribution in [2.24, 2.45) is 0 Å². The Balaban J connectivity index is 1.67. The van der Waals surface area contributed by atoms with E-state index in [2.05, 4.69) is 15.2 Å². The second-order valence-corrected chi connectivity index (χ2v) is 4.78. The molecule has 2 heterocycles. The smallest absolute Gasteiger partial charge is 0.290 e. The Morgan fingerprint density at radius 3 is 2.75 bits per heavy atom. The van der Waals surface area contributed by atoms with Gasteiger partial charge in [-0.15, -0.1) is 5.10 Å². The molecule has 0 atom stereocenters. The Morgan fingerprint density at radius 1 is 1.25 bits per heavy atom. The van der Waals surface area contributed by atoms with Gasteiger partial charge in [0.1, 0.15) is 6.33 Å². The van der Waals surface area contributed by atoms with Gasteiger partial charge in [-0.25, -0.2) is 4.98 Å². The van der Waals surface area contributed by atoms with Crippen LogP contribution in [0, 0.1) is 0 Å². The number of para-hydroxylation sites is 2. The van der Waals surface area contributed by atoms with Crippen molar-refractivity contribution in [3.63, 3.8) is 0 Å². The lowest BCUT2D eigenvalue weighted by Gasteiger charge is -2.06. The van der Waals surface area contributed by atoms with Crippen molar-refractivity contribution in [2.45, 2.75) is 6.42 Å². The third kappa shape index (κ3) is 3.32. The first kappa shape index (κ1) is 15.5. The highest BCUT2D eigenvalue weighted by atomic mass is 16.6. The number of ether oxygens (including phenoxy) is 2. The molecule has 8 nitrogen and oxygen atoms in total. The average Bonchev–Trinajstić information content (AvgIpc) is 3.27. The van der Waals surface area contributed by atoms with Crippen LogP contribution in [-0.4, -0.2) is 33.9 Å². The molecule has 0 saturated carbocycles. The summed E-state index contributed by atoms with van der Waals surface area (Å²) in [6.45, 7) is 0. The fraction of sp³-hybridized carbons (Fsp3) is 0.125. The predicted molar refractivity (Wildman–Crippen MR) is 81.2 cm³/mol. The molecule has 24 heavy (non-hydrogen) atoms. The van der Waals surface area contributed by atoms with Gasteiger partial charge in [0.15, 0.2) is 11.5 Å². The number of methoxy groups -OCH3 is 1. The summed E-state index contributed by atoms with van der Waals surface area (Å²) >= 11 is 0. The largest absolute Gasteiger partial charge is 0.493 e. The number of aromatic nitrogens is 3. The lowest BCUT2D eigenvalue weighted by atomic mass is 10.1. The number of nitrogens with one attached hydrogen (secondary N) is 1. The number of rotatable bonds is 7. The van der Waals surface area contributed by atoms with Gasteiger partial charge in [-0.3, -0.25) is 14.7 Å². The van der Waals surface area contributed by atoms with Crippen molar-refractivity contribution in [2.75, 3.05) is 7.11 Å². The molecule has 0 saturated heterocycles. The average molecular weight is 327 g/mol. The van der Waals surface area contributed by atoms with Gasteiger partial charge in [0.25, 0.3) is 11.7 Å². The van der Waals surface area contributed by atoms with Crippen molar-refractivity contribution >= 4 is 11.6 Å². The van der Waals surface area contributed by atoms with Crippen LogP contribution in [-0.2, 0) is 11.2 Å². The van der Waals surface area contributed by atoms with E-state index in [9.17, 15) is 9.59 Å². The monoisotopic (exact) mass is 327 g/mol. The Kier molecular flexibility index (Phi) is 4.37. The second kappa shape index (κ2) is 6.78. The van der Waals surface area contributed by atoms with Crippen LogP contribution in [0.4, 0.5) is 0 Å². The molecule has 0 unspecified atom stereocenters. The van der Waals surface area contributed by atoms with Crippen LogP contribution >= 0.6 is 0 Å². The zero-order valence-corrected chi connectivity index (χ0v) is 12.7. The summed E-state index contributed by atoms with van der Waals surface area (Å²) in [4.78, 5) is 27.4. The molecule has 0 aliphatic heterocycles. The molecule has 3 rings (SSSR count). The summed E-state index contributed by atoms with van der Waals surface area (Å²) in [6, 6.07) is 8.61. The van der Waals surface area contributed by atoms with Crippen LogP contribution in [0.1, 0.15) is 16.2 Å². The number of hydrogen-bond acceptors (Lipinski definition) is 7. The first-order valence-electron chi connectivity index (χ1n) is 6.99. The number of hydrogen-bond donors (Lipinski definition) is 1. The van der Waals surface area contributed by atoms with E-state index in [0.29, 0.717) is 17.1 Å². The number of ketones is 2. The SMILES string of the molecule is COc1ccccc1Oc1cc(CC(=O)C(=O)c2nc[nH]n2)co1. The molecule has 3 aromatic rings. The number of Topliss-reactive ketones (excluding diaryl/α,β-unsaturated/α-hetero) is 2. The fourth-order valence-corrected chi connectivity index (χ4v) is 2.02. The standard InChI is InChI=1S/C16H13N3O5/c1-22-12-4-2-3-5-13(12)24-14-7-10(8-23-14)6-11(20)15(21)16-17-9-18-19-16/h2-5,7-9H,6H2,1H3,(H,17,18,19). The molecule has 8 heteroatoms. The summed E-state index contributed by atoms with van der Waals surface area (Å²) in [6.07, 6.45) is 2.46. The summed E-state index contributed by atoms with van der Waals surface area (Å²) in [7, 11) is 1.53. The van der Waals surface area contributed by atoms with Crippen molar-refractivity contribution in [1.29, 1.82) is 0 Å². The van der Waals surface area contributed by atoms with Gasteiger partial charge in [-0.05, 0) is 12.1 Å². The molecule has 1 aromatic carbocycles. The minimum atomic E-state index is -0.760. The zero-order valence-electron chi connectivity index (χ0n) is 12.7. The lowest BCUT2D eigenvalue weighted by molar-refractivity contribution is -0.114. The normalized spacial score (nSPS) is 10.4. The van der Waals surface area contributed by atoms with Gasteiger partial charge in [0.05, 0.1) is 13.4 Å². The summed E-state index contributed by atoms with van der Waals surface area (Å²) in [5.41, 5.74) is 0.508. The molecule has 0 amide bonds. The van der Waals surface area contributed by atoms with Crippen LogP contribution in [0.3, 0.4) is 0 Å². The van der Waals surface area contributed by atoms with Crippen LogP contribution in [0.25, 0.3) is 0 Å². The lowest BCUT2D eigenvalue weighted by Crippen LogP contribution is -2.17. The Labute approximate surface area is 136 Å². The number of carbonyl (C=O) groups is 2. The summed E-state index contributed by atoms with van der Waals surface area (Å²) in [5, 5.41) is 5.98. The first-order valence-corrected chi connectivity index (χ1v) is 6.99. The summed E-state index contributed by atoms with van der Waals surface area (Å²) in [5.74, 6) is -0.346. The topological polar surface area (TPSA) is 107 Å². The van der Waals surface area contributed by atoms with Gasteiger partial charge in [-0.2, -0.15) is 0 Å². The van der Waals surface area contributed by atoms with E-state index in [1.54, 1.807) is 18.2 Å². The number of H-pyrrole nitrogens is 1. The number of carbonyl (C=O) groups excluding carboxylic acids is 2. The third-order valence-electron chi connectivity index (χ3n) is 3.15. The highest BCUT2D eigenvalue weighted by Gasteiger charge is 2.21. The Hall–Kier alpha value is -3.42. The molecular formula is C16H13N3O5. The zero-order chi connectivity index (χ0) is 16.9. The molecule has 122 valence electrons. The third-order valence-corrected chi connectivity index (χ3v) is 3.15. The van der Waals surface area contributed by atoms with Gasteiger partial charge < -0.3 is 13.9 Å². The van der Waals surface area contributed by atoms with Crippen LogP contribution in [0.5, 0.6) is 17.4 Å². The molecular weight excluding hydrogens is 314 g/mol. The van der Waals surface area contributed by atoms with Gasteiger partial charge >= 0.3 is 0 Å². The van der Waals surface area contributed by atoms with Crippen molar-refractivity contribution in [3.05, 3.63) is 54.3 Å². The molecule has 1 N–H and O–H groups in total. The van der Waals surface area contributed by atoms with E-state index < -0.39 is 11.6 Å². The molecule has 0 fully saturated rings. The van der Waals surface area contributed by atoms with E-state index in [4.69, 9.17) is 13.9 Å². The van der Waals surface area contributed by atoms with Crippen molar-refractivity contribution in [1.82, 2.24) is 15.2 Å². The van der Waals surface area contributed by atoms with E-state index in [1.807, 2.05) is 6.07 Å². The van der Waals surface area contributed by atoms with Crippen molar-refractivity contribution in [3.8, 4) is 17.4 Å². The maximum Gasteiger partial charge on any atom is 0.290 e. The highest BCUT2D eigenvalue weighted by molar-refractivity contribution is 6.43. The molecule has 0 spiro atoms. The Morgan fingerprint density at radius 2 is 2.04 bits per heavy atom. The quantitative estimate of drug-likeness (QED) is 0.523. The highest BCUT2D eigenvalue weighted by Crippen LogP contribution is 2.31. The number of nitrogens with zero attached hydrogens (tertiary/aromatic N) is 2. The van der Waals surface area contributed by atoms with E-state index in [1.165, 1.54) is 25.8 Å². The maximum atomic E-state index is 11.9. The molecule has 0 aliphatic carbocycles. The molecule has 0 radical (unpaired) electrons. The second-order valence-electron chi connectivity index (χ2n) is 4.78. The van der Waals surface area contributed by atoms with Gasteiger partial charge in [0, 0.05) is 18.1 Å². The number of furan rings is 1. The van der Waals surface area contributed by atoms with Crippen LogP contribution in [0.2, 0.25) is 0 Å². The van der Waals surface area contributed by atoms with Gasteiger partial charge in [-0.1, -0.05) is 12.1 Å². The van der Waals surface area contributed by atoms with Crippen LogP contribution < -0.4 is 9.47 Å². The fourth-order valence-electron chi connectivity index (χ4n) is 2.02. The van der Waals surface area contributed by atoms with Crippen LogP contribution in [0.15, 0.2) is 47.3 Å². The molecule has 2 aromatic heterocycles. The predicted octanol–water partition coefficient (Wildman–Crippen LogP) is 2.19. The van der Waals surface area contributed by atoms with E-state index >= 15 is 0 Å². The molecule has 0 aliphatic rings. The van der Waals surface area contributed by atoms with E-state index in [0.717, 1.165) is 0 Å². The number of aromatic amines is 1. The van der Waals surface area contributed by atoms with E-state index in [-0.39, 0.29) is 18.2 Å². The minimum Gasteiger partial charge on any atom is -0.493 e. The Bertz CT molecular complexity index is 854. The van der Waals surface area contributed by atoms with Crippen molar-refractivity contribution < 1.29 is 23.5 Å². The first-order chi connectivity index (χ1) is 11.7. The van der Waals surface area contributed by atoms with Gasteiger partial charge in [0.2, 0.25) is 11.6 Å².